The molecule has 4 aromatic carbocycles. The highest BCUT2D eigenvalue weighted by atomic mass is 32.2. The van der Waals surface area contributed by atoms with E-state index in [0.29, 0.717) is 30.2 Å². The summed E-state index contributed by atoms with van der Waals surface area (Å²) in [7, 11) is -3.31. The van der Waals surface area contributed by atoms with Crippen LogP contribution in [-0.4, -0.2) is 20.5 Å². The van der Waals surface area contributed by atoms with Crippen LogP contribution in [0, 0.1) is 5.41 Å². The fourth-order valence-corrected chi connectivity index (χ4v) is 4.74. The van der Waals surface area contributed by atoms with Gasteiger partial charge in [-0.3, -0.25) is 10.1 Å². The summed E-state index contributed by atoms with van der Waals surface area (Å²) in [5.74, 6) is 1.52. The first-order valence-electron chi connectivity index (χ1n) is 12.5. The van der Waals surface area contributed by atoms with E-state index >= 15 is 0 Å². The molecule has 0 heterocycles. The van der Waals surface area contributed by atoms with Gasteiger partial charge in [0.25, 0.3) is 0 Å². The zero-order valence-electron chi connectivity index (χ0n) is 22.3. The zero-order valence-corrected chi connectivity index (χ0v) is 23.1. The third kappa shape index (κ3) is 7.61. The summed E-state index contributed by atoms with van der Waals surface area (Å²) in [6.45, 7) is 5.11. The second-order valence-corrected chi connectivity index (χ2v) is 11.7. The van der Waals surface area contributed by atoms with Crippen molar-refractivity contribution in [2.24, 2.45) is 5.73 Å². The van der Waals surface area contributed by atoms with Crippen molar-refractivity contribution in [3.05, 3.63) is 125 Å². The molecule has 0 atom stereocenters. The van der Waals surface area contributed by atoms with E-state index in [1.54, 1.807) is 36.4 Å². The first kappa shape index (κ1) is 27.7. The Labute approximate surface area is 230 Å². The van der Waals surface area contributed by atoms with Crippen LogP contribution in [0.4, 0.5) is 5.69 Å². The number of ether oxygens (including phenoxy) is 2. The molecule has 0 bridgehead atoms. The number of hydrogen-bond acceptors (Lipinski definition) is 5. The number of nitrogens with two attached hydrogens (primary N) is 1. The van der Waals surface area contributed by atoms with Crippen molar-refractivity contribution in [1.82, 2.24) is 0 Å². The van der Waals surface area contributed by atoms with Crippen LogP contribution >= 0.6 is 0 Å². The van der Waals surface area contributed by atoms with E-state index in [-0.39, 0.29) is 11.3 Å². The molecule has 8 heteroatoms. The maximum absolute atomic E-state index is 11.5. The van der Waals surface area contributed by atoms with Gasteiger partial charge in [0, 0.05) is 16.7 Å². The van der Waals surface area contributed by atoms with Crippen LogP contribution in [-0.2, 0) is 28.7 Å². The molecule has 202 valence electrons. The molecule has 0 fully saturated rings. The summed E-state index contributed by atoms with van der Waals surface area (Å²) in [5, 5.41) is 7.48. The molecule has 4 rings (SSSR count). The smallest absolute Gasteiger partial charge is 0.229 e. The van der Waals surface area contributed by atoms with E-state index in [2.05, 4.69) is 36.8 Å². The molecule has 0 aliphatic carbocycles. The molecule has 39 heavy (non-hydrogen) atoms. The highest BCUT2D eigenvalue weighted by Crippen LogP contribution is 2.33. The molecule has 4 N–H and O–H groups in total. The summed E-state index contributed by atoms with van der Waals surface area (Å²) in [4.78, 5) is 0. The molecular formula is C31H33N3O4S. The zero-order chi connectivity index (χ0) is 28.0. The minimum atomic E-state index is -3.31. The van der Waals surface area contributed by atoms with Gasteiger partial charge in [-0.05, 0) is 76.9 Å². The lowest BCUT2D eigenvalue weighted by atomic mass is 9.78. The number of nitrogens with one attached hydrogen (secondary N) is 2. The van der Waals surface area contributed by atoms with Crippen molar-refractivity contribution < 1.29 is 17.9 Å². The third-order valence-corrected chi connectivity index (χ3v) is 7.06. The molecule has 7 nitrogen and oxygen atoms in total. The minimum Gasteiger partial charge on any atom is -0.489 e. The number of anilines is 1. The van der Waals surface area contributed by atoms with Crippen LogP contribution in [0.5, 0.6) is 11.5 Å². The molecule has 4 aromatic rings. The van der Waals surface area contributed by atoms with Crippen molar-refractivity contribution in [3.8, 4) is 11.5 Å². The van der Waals surface area contributed by atoms with Crippen LogP contribution in [0.1, 0.15) is 41.7 Å². The number of hydrogen-bond donors (Lipinski definition) is 3. The van der Waals surface area contributed by atoms with Crippen molar-refractivity contribution in [2.45, 2.75) is 32.5 Å². The van der Waals surface area contributed by atoms with Crippen LogP contribution < -0.4 is 19.9 Å². The summed E-state index contributed by atoms with van der Waals surface area (Å²) >= 11 is 0. The molecule has 0 aromatic heterocycles. The minimum absolute atomic E-state index is 0.0312. The Morgan fingerprint density at radius 2 is 1.26 bits per heavy atom. The van der Waals surface area contributed by atoms with Gasteiger partial charge in [0.05, 0.1) is 6.26 Å². The first-order valence-corrected chi connectivity index (χ1v) is 14.4. The van der Waals surface area contributed by atoms with Gasteiger partial charge in [-0.25, -0.2) is 8.42 Å². The van der Waals surface area contributed by atoms with Crippen LogP contribution in [0.3, 0.4) is 0 Å². The van der Waals surface area contributed by atoms with Gasteiger partial charge >= 0.3 is 0 Å². The fourth-order valence-electron chi connectivity index (χ4n) is 4.18. The Bertz CT molecular complexity index is 1530. The molecule has 0 radical (unpaired) electrons. The number of sulfonamides is 1. The third-order valence-electron chi connectivity index (χ3n) is 6.45. The second kappa shape index (κ2) is 11.6. The summed E-state index contributed by atoms with van der Waals surface area (Å²) in [6.07, 6.45) is 1.14. The average molecular weight is 544 g/mol. The van der Waals surface area contributed by atoms with Gasteiger partial charge in [-0.2, -0.15) is 0 Å². The Kier molecular flexibility index (Phi) is 8.26. The number of rotatable bonds is 11. The number of nitrogen functional groups attached to an aromatic ring is 1. The highest BCUT2D eigenvalue weighted by molar-refractivity contribution is 7.92. The van der Waals surface area contributed by atoms with E-state index in [1.165, 1.54) is 0 Å². The summed E-state index contributed by atoms with van der Waals surface area (Å²) in [6, 6.07) is 30.7. The predicted octanol–water partition coefficient (Wildman–Crippen LogP) is 5.83. The normalized spacial score (nSPS) is 11.6. The topological polar surface area (TPSA) is 115 Å². The first-order chi connectivity index (χ1) is 18.5. The van der Waals surface area contributed by atoms with E-state index in [4.69, 9.17) is 20.6 Å². The largest absolute Gasteiger partial charge is 0.489 e. The lowest BCUT2D eigenvalue weighted by Crippen LogP contribution is -2.19. The quantitative estimate of drug-likeness (QED) is 0.163. The SMILES string of the molecule is CC(C)(c1ccc(NS(C)(=O)=O)cc1)c1ccc(OCc2cccc(COc3ccc(C(=N)N)cc3)c2)cc1. The molecule has 0 saturated carbocycles. The lowest BCUT2D eigenvalue weighted by molar-refractivity contribution is 0.300. The average Bonchev–Trinajstić information content (AvgIpc) is 2.91. The maximum atomic E-state index is 11.5. The maximum Gasteiger partial charge on any atom is 0.229 e. The van der Waals surface area contributed by atoms with Gasteiger partial charge in [-0.1, -0.05) is 56.3 Å². The van der Waals surface area contributed by atoms with E-state index in [1.807, 2.05) is 42.5 Å². The van der Waals surface area contributed by atoms with E-state index in [0.717, 1.165) is 34.3 Å². The summed E-state index contributed by atoms with van der Waals surface area (Å²) in [5.41, 5.74) is 10.7. The molecule has 0 aliphatic heterocycles. The van der Waals surface area contributed by atoms with Crippen LogP contribution in [0.25, 0.3) is 0 Å². The van der Waals surface area contributed by atoms with Crippen LogP contribution in [0.2, 0.25) is 0 Å². The van der Waals surface area contributed by atoms with Crippen molar-refractivity contribution in [2.75, 3.05) is 11.0 Å². The van der Waals surface area contributed by atoms with E-state index < -0.39 is 10.0 Å². The Hall–Kier alpha value is -4.30. The monoisotopic (exact) mass is 543 g/mol. The second-order valence-electron chi connectivity index (χ2n) is 9.94. The molecule has 0 saturated heterocycles. The fraction of sp³-hybridized carbons (Fsp3) is 0.194. The predicted molar refractivity (Wildman–Crippen MR) is 156 cm³/mol. The van der Waals surface area contributed by atoms with Gasteiger partial charge in [0.1, 0.15) is 30.5 Å². The molecular weight excluding hydrogens is 510 g/mol. The van der Waals surface area contributed by atoms with Crippen molar-refractivity contribution in [3.63, 3.8) is 0 Å². The highest BCUT2D eigenvalue weighted by Gasteiger charge is 2.23. The molecule has 0 amide bonds. The van der Waals surface area contributed by atoms with Gasteiger partial charge in [-0.15, -0.1) is 0 Å². The standard InChI is InChI=1S/C31H33N3O4S/c1-31(2,25-9-13-27(14-10-25)34-39(3,35)36)26-11-17-29(18-12-26)38-21-23-6-4-5-22(19-23)20-37-28-15-7-24(8-16-28)30(32)33/h4-19,34H,20-21H2,1-3H3,(H3,32,33). The summed E-state index contributed by atoms with van der Waals surface area (Å²) < 4.78 is 37.3. The number of amidine groups is 1. The molecule has 0 aliphatic rings. The van der Waals surface area contributed by atoms with Crippen molar-refractivity contribution >= 4 is 21.5 Å². The Balaban J connectivity index is 1.34. The van der Waals surface area contributed by atoms with Gasteiger partial charge < -0.3 is 15.2 Å². The Morgan fingerprint density at radius 1 is 0.795 bits per heavy atom. The Morgan fingerprint density at radius 3 is 1.72 bits per heavy atom. The van der Waals surface area contributed by atoms with Gasteiger partial charge in [0.15, 0.2) is 0 Å². The van der Waals surface area contributed by atoms with Crippen molar-refractivity contribution in [1.29, 1.82) is 5.41 Å². The van der Waals surface area contributed by atoms with Gasteiger partial charge in [0.2, 0.25) is 10.0 Å². The molecule has 0 unspecified atom stereocenters. The van der Waals surface area contributed by atoms with E-state index in [9.17, 15) is 8.42 Å². The molecule has 0 spiro atoms. The number of benzene rings is 4. The lowest BCUT2D eigenvalue weighted by Gasteiger charge is -2.26. The van der Waals surface area contributed by atoms with Crippen LogP contribution in [0.15, 0.2) is 97.1 Å².